The van der Waals surface area contributed by atoms with E-state index in [9.17, 15) is 4.79 Å². The highest BCUT2D eigenvalue weighted by Crippen LogP contribution is 2.23. The molecule has 0 aliphatic carbocycles. The molecule has 0 heterocycles. The molecule has 3 N–H and O–H groups in total. The Balaban J connectivity index is 2.30. The van der Waals surface area contributed by atoms with Gasteiger partial charge in [-0.05, 0) is 52.3 Å². The van der Waals surface area contributed by atoms with E-state index < -0.39 is 0 Å². The molecular formula is C14H9BrClN3O. The van der Waals surface area contributed by atoms with E-state index in [1.54, 1.807) is 30.3 Å². The molecule has 0 spiro atoms. The standard InChI is InChI=1S/C14H9BrClN3O/c15-11-5-8(2-4-12(11)18)14(20)19-13-6-10(16)3-1-9(13)7-17/h1-6H,18H2,(H,19,20). The monoisotopic (exact) mass is 349 g/mol. The lowest BCUT2D eigenvalue weighted by molar-refractivity contribution is 0.102. The Hall–Kier alpha value is -2.03. The summed E-state index contributed by atoms with van der Waals surface area (Å²) in [6.07, 6.45) is 0. The smallest absolute Gasteiger partial charge is 0.255 e. The summed E-state index contributed by atoms with van der Waals surface area (Å²) >= 11 is 9.13. The number of nitrogens with two attached hydrogens (primary N) is 1. The summed E-state index contributed by atoms with van der Waals surface area (Å²) in [4.78, 5) is 12.1. The molecule has 100 valence electrons. The van der Waals surface area contributed by atoms with Gasteiger partial charge in [0.1, 0.15) is 6.07 Å². The minimum absolute atomic E-state index is 0.343. The molecule has 0 aliphatic heterocycles. The lowest BCUT2D eigenvalue weighted by Gasteiger charge is -2.08. The Morgan fingerprint density at radius 2 is 2.05 bits per heavy atom. The molecule has 0 saturated carbocycles. The number of nitrogen functional groups attached to an aromatic ring is 1. The van der Waals surface area contributed by atoms with Crippen LogP contribution in [0.2, 0.25) is 5.02 Å². The average molecular weight is 351 g/mol. The van der Waals surface area contributed by atoms with Crippen molar-refractivity contribution in [2.24, 2.45) is 0 Å². The first-order valence-corrected chi connectivity index (χ1v) is 6.74. The number of hydrogen-bond acceptors (Lipinski definition) is 3. The van der Waals surface area contributed by atoms with Gasteiger partial charge < -0.3 is 11.1 Å². The summed E-state index contributed by atoms with van der Waals surface area (Å²) in [6.45, 7) is 0. The van der Waals surface area contributed by atoms with Gasteiger partial charge in [0.05, 0.1) is 11.3 Å². The summed E-state index contributed by atoms with van der Waals surface area (Å²) < 4.78 is 0.636. The average Bonchev–Trinajstić information content (AvgIpc) is 2.42. The molecule has 1 amide bonds. The highest BCUT2D eigenvalue weighted by molar-refractivity contribution is 9.10. The molecule has 0 aromatic heterocycles. The molecule has 0 radical (unpaired) electrons. The number of amides is 1. The van der Waals surface area contributed by atoms with Crippen molar-refractivity contribution >= 4 is 44.8 Å². The number of halogens is 2. The summed E-state index contributed by atoms with van der Waals surface area (Å²) in [7, 11) is 0. The predicted octanol–water partition coefficient (Wildman–Crippen LogP) is 3.81. The number of carbonyl (C=O) groups is 1. The molecule has 0 atom stereocenters. The van der Waals surface area contributed by atoms with Crippen molar-refractivity contribution in [2.75, 3.05) is 11.1 Å². The van der Waals surface area contributed by atoms with E-state index in [-0.39, 0.29) is 5.91 Å². The summed E-state index contributed by atoms with van der Waals surface area (Å²) in [5, 5.41) is 12.1. The number of rotatable bonds is 2. The van der Waals surface area contributed by atoms with Gasteiger partial charge in [0.25, 0.3) is 5.91 Å². The number of nitriles is 1. The van der Waals surface area contributed by atoms with E-state index in [1.807, 2.05) is 6.07 Å². The number of nitrogens with one attached hydrogen (secondary N) is 1. The first-order chi connectivity index (χ1) is 9.51. The minimum Gasteiger partial charge on any atom is -0.398 e. The third kappa shape index (κ3) is 3.10. The van der Waals surface area contributed by atoms with Crippen molar-refractivity contribution in [2.45, 2.75) is 0 Å². The van der Waals surface area contributed by atoms with E-state index in [4.69, 9.17) is 22.6 Å². The Morgan fingerprint density at radius 1 is 1.30 bits per heavy atom. The van der Waals surface area contributed by atoms with Gasteiger partial charge in [-0.15, -0.1) is 0 Å². The minimum atomic E-state index is -0.343. The van der Waals surface area contributed by atoms with Gasteiger partial charge in [0.2, 0.25) is 0 Å². The van der Waals surface area contributed by atoms with Crippen LogP contribution in [-0.2, 0) is 0 Å². The fraction of sp³-hybridized carbons (Fsp3) is 0. The molecule has 0 unspecified atom stereocenters. The number of benzene rings is 2. The Labute approximate surface area is 129 Å². The van der Waals surface area contributed by atoms with Crippen molar-refractivity contribution in [1.82, 2.24) is 0 Å². The third-order valence-electron chi connectivity index (χ3n) is 2.61. The van der Waals surface area contributed by atoms with E-state index >= 15 is 0 Å². The predicted molar refractivity (Wildman–Crippen MR) is 82.7 cm³/mol. The molecule has 0 bridgehead atoms. The van der Waals surface area contributed by atoms with Crippen LogP contribution in [0, 0.1) is 11.3 Å². The maximum Gasteiger partial charge on any atom is 0.255 e. The Bertz CT molecular complexity index is 725. The zero-order valence-corrected chi connectivity index (χ0v) is 12.5. The van der Waals surface area contributed by atoms with E-state index in [2.05, 4.69) is 21.2 Å². The summed E-state index contributed by atoms with van der Waals surface area (Å²) in [5.41, 5.74) is 7.36. The fourth-order valence-corrected chi connectivity index (χ4v) is 2.13. The lowest BCUT2D eigenvalue weighted by atomic mass is 10.1. The molecule has 2 rings (SSSR count). The Kier molecular flexibility index (Phi) is 4.28. The van der Waals surface area contributed by atoms with Crippen LogP contribution in [0.5, 0.6) is 0 Å². The number of hydrogen-bond donors (Lipinski definition) is 2. The van der Waals surface area contributed by atoms with Gasteiger partial charge in [0, 0.05) is 20.7 Å². The number of carbonyl (C=O) groups excluding carboxylic acids is 1. The fourth-order valence-electron chi connectivity index (χ4n) is 1.58. The van der Waals surface area contributed by atoms with E-state index in [0.717, 1.165) is 0 Å². The van der Waals surface area contributed by atoms with Crippen molar-refractivity contribution in [3.8, 4) is 6.07 Å². The highest BCUT2D eigenvalue weighted by atomic mass is 79.9. The summed E-state index contributed by atoms with van der Waals surface area (Å²) in [6, 6.07) is 11.5. The van der Waals surface area contributed by atoms with Crippen LogP contribution in [0.3, 0.4) is 0 Å². The second-order valence-electron chi connectivity index (χ2n) is 3.99. The molecule has 20 heavy (non-hydrogen) atoms. The van der Waals surface area contributed by atoms with Crippen LogP contribution in [0.1, 0.15) is 15.9 Å². The van der Waals surface area contributed by atoms with Gasteiger partial charge in [-0.3, -0.25) is 4.79 Å². The molecular weight excluding hydrogens is 342 g/mol. The van der Waals surface area contributed by atoms with E-state index in [0.29, 0.717) is 32.0 Å². The van der Waals surface area contributed by atoms with Crippen molar-refractivity contribution < 1.29 is 4.79 Å². The van der Waals surface area contributed by atoms with Crippen LogP contribution in [0.15, 0.2) is 40.9 Å². The van der Waals surface area contributed by atoms with Crippen LogP contribution in [0.25, 0.3) is 0 Å². The zero-order valence-electron chi connectivity index (χ0n) is 10.2. The zero-order chi connectivity index (χ0) is 14.7. The molecule has 0 aliphatic rings. The topological polar surface area (TPSA) is 78.9 Å². The van der Waals surface area contributed by atoms with Crippen LogP contribution in [0.4, 0.5) is 11.4 Å². The maximum atomic E-state index is 12.1. The van der Waals surface area contributed by atoms with Gasteiger partial charge >= 0.3 is 0 Å². The SMILES string of the molecule is N#Cc1ccc(Cl)cc1NC(=O)c1ccc(N)c(Br)c1. The van der Waals surface area contributed by atoms with Crippen LogP contribution < -0.4 is 11.1 Å². The molecule has 0 fully saturated rings. The van der Waals surface area contributed by atoms with Crippen molar-refractivity contribution in [3.05, 3.63) is 57.0 Å². The first-order valence-electron chi connectivity index (χ1n) is 5.57. The van der Waals surface area contributed by atoms with E-state index in [1.165, 1.54) is 6.07 Å². The maximum absolute atomic E-state index is 12.1. The highest BCUT2D eigenvalue weighted by Gasteiger charge is 2.11. The molecule has 2 aromatic carbocycles. The van der Waals surface area contributed by atoms with Crippen molar-refractivity contribution in [1.29, 1.82) is 5.26 Å². The molecule has 0 saturated heterocycles. The second kappa shape index (κ2) is 5.95. The van der Waals surface area contributed by atoms with Crippen LogP contribution in [-0.4, -0.2) is 5.91 Å². The van der Waals surface area contributed by atoms with Gasteiger partial charge in [-0.25, -0.2) is 0 Å². The van der Waals surface area contributed by atoms with Gasteiger partial charge in [0.15, 0.2) is 0 Å². The quantitative estimate of drug-likeness (QED) is 0.808. The largest absolute Gasteiger partial charge is 0.398 e. The first kappa shape index (κ1) is 14.4. The molecule has 2 aromatic rings. The molecule has 4 nitrogen and oxygen atoms in total. The molecule has 6 heteroatoms. The normalized spacial score (nSPS) is 9.85. The van der Waals surface area contributed by atoms with Gasteiger partial charge in [-0.1, -0.05) is 11.6 Å². The van der Waals surface area contributed by atoms with Crippen molar-refractivity contribution in [3.63, 3.8) is 0 Å². The Morgan fingerprint density at radius 3 is 2.70 bits per heavy atom. The van der Waals surface area contributed by atoms with Gasteiger partial charge in [-0.2, -0.15) is 5.26 Å². The second-order valence-corrected chi connectivity index (χ2v) is 5.28. The number of nitrogens with zero attached hydrogens (tertiary/aromatic N) is 1. The summed E-state index contributed by atoms with van der Waals surface area (Å²) in [5.74, 6) is -0.343. The lowest BCUT2D eigenvalue weighted by Crippen LogP contribution is -2.13. The van der Waals surface area contributed by atoms with Crippen LogP contribution >= 0.6 is 27.5 Å². The third-order valence-corrected chi connectivity index (χ3v) is 3.53. The number of anilines is 2.